The first kappa shape index (κ1) is 37.8. The second kappa shape index (κ2) is 25.7. The van der Waals surface area contributed by atoms with Crippen LogP contribution in [0.1, 0.15) is 151 Å². The number of hydrogen-bond donors (Lipinski definition) is 0. The van der Waals surface area contributed by atoms with Gasteiger partial charge in [0, 0.05) is 5.25 Å². The van der Waals surface area contributed by atoms with Gasteiger partial charge in [0.25, 0.3) is 0 Å². The van der Waals surface area contributed by atoms with Gasteiger partial charge in [-0.2, -0.15) is 11.8 Å². The molecule has 0 aliphatic rings. The molecule has 0 saturated heterocycles. The van der Waals surface area contributed by atoms with Gasteiger partial charge in [0.05, 0.1) is 12.7 Å². The van der Waals surface area contributed by atoms with Crippen molar-refractivity contribution in [2.75, 3.05) is 12.4 Å². The Morgan fingerprint density at radius 2 is 1.29 bits per heavy atom. The van der Waals surface area contributed by atoms with Crippen LogP contribution >= 0.6 is 20.2 Å². The van der Waals surface area contributed by atoms with Crippen LogP contribution in [0.15, 0.2) is 0 Å². The van der Waals surface area contributed by atoms with Crippen molar-refractivity contribution in [3.8, 4) is 0 Å². The summed E-state index contributed by atoms with van der Waals surface area (Å²) in [5.41, 5.74) is -2.04. The van der Waals surface area contributed by atoms with E-state index in [1.807, 2.05) is 25.6 Å². The van der Waals surface area contributed by atoms with Crippen molar-refractivity contribution in [2.45, 2.75) is 174 Å². The van der Waals surface area contributed by atoms with E-state index in [-0.39, 0.29) is 24.1 Å². The highest BCUT2D eigenvalue weighted by molar-refractivity contribution is 7.99. The van der Waals surface area contributed by atoms with Gasteiger partial charge >= 0.3 is 20.0 Å². The maximum atomic E-state index is 12.7. The Hall–Kier alpha value is -0.200. The van der Waals surface area contributed by atoms with E-state index in [9.17, 15) is 9.36 Å². The molecule has 0 N–H and O–H groups in total. The Labute approximate surface area is 240 Å². The largest absolute Gasteiger partial charge is 0.497 e. The summed E-state index contributed by atoms with van der Waals surface area (Å²) in [5.74, 6) is 0.275. The quantitative estimate of drug-likeness (QED) is 0.0228. The molecule has 0 fully saturated rings. The number of unbranched alkanes of at least 4 members (excludes halogenated alkanes) is 13. The maximum Gasteiger partial charge on any atom is 0.497 e. The highest BCUT2D eigenvalue weighted by Gasteiger charge is 2.55. The molecule has 0 rings (SSSR count). The number of carbonyl (C=O) groups is 1. The molecule has 0 aromatic carbocycles. The van der Waals surface area contributed by atoms with E-state index in [2.05, 4.69) is 13.8 Å². The van der Waals surface area contributed by atoms with Crippen molar-refractivity contribution in [3.05, 3.63) is 0 Å². The molecule has 4 atom stereocenters. The average Bonchev–Trinajstić information content (AvgIpc) is 2.90. The lowest BCUT2D eigenvalue weighted by atomic mass is 10.1. The highest BCUT2D eigenvalue weighted by atomic mass is 32.2. The van der Waals surface area contributed by atoms with Crippen molar-refractivity contribution >= 4 is 26.2 Å². The van der Waals surface area contributed by atoms with Crippen molar-refractivity contribution in [3.63, 3.8) is 0 Å². The van der Waals surface area contributed by atoms with Gasteiger partial charge in [0.2, 0.25) is 0 Å². The fourth-order valence-corrected chi connectivity index (χ4v) is 5.88. The van der Waals surface area contributed by atoms with Crippen LogP contribution in [0.3, 0.4) is 0 Å². The van der Waals surface area contributed by atoms with E-state index in [1.165, 1.54) is 89.9 Å². The van der Waals surface area contributed by atoms with Crippen molar-refractivity contribution in [1.29, 1.82) is 0 Å². The molecule has 0 saturated carbocycles. The van der Waals surface area contributed by atoms with Crippen molar-refractivity contribution < 1.29 is 28.6 Å². The smallest absolute Gasteiger partial charge is 0.455 e. The molecule has 38 heavy (non-hydrogen) atoms. The summed E-state index contributed by atoms with van der Waals surface area (Å²) in [7, 11) is -1.20. The number of ether oxygens (including phenoxy) is 2. The lowest BCUT2D eigenvalue weighted by Crippen LogP contribution is -2.43. The fraction of sp³-hybridized carbons (Fsp3) is 0.967. The third kappa shape index (κ3) is 19.0. The fourth-order valence-electron chi connectivity index (χ4n) is 4.18. The molecule has 0 amide bonds. The van der Waals surface area contributed by atoms with Crippen LogP contribution in [0.2, 0.25) is 0 Å². The number of rotatable bonds is 28. The minimum Gasteiger partial charge on any atom is -0.455 e. The van der Waals surface area contributed by atoms with E-state index in [0.29, 0.717) is 6.42 Å². The Kier molecular flexibility index (Phi) is 25.6. The molecule has 226 valence electrons. The molecule has 4 unspecified atom stereocenters. The first-order chi connectivity index (χ1) is 18.4. The van der Waals surface area contributed by atoms with Gasteiger partial charge in [-0.15, -0.1) is 4.89 Å². The predicted octanol–water partition coefficient (Wildman–Crippen LogP) is 9.76. The van der Waals surface area contributed by atoms with Crippen molar-refractivity contribution in [2.24, 2.45) is 0 Å². The van der Waals surface area contributed by atoms with Crippen LogP contribution < -0.4 is 0 Å². The van der Waals surface area contributed by atoms with Crippen LogP contribution in [0.5, 0.6) is 0 Å². The Bertz CT molecular complexity index is 565. The molecule has 0 aromatic rings. The summed E-state index contributed by atoms with van der Waals surface area (Å²) in [6.07, 6.45) is 20.4. The lowest BCUT2D eigenvalue weighted by molar-refractivity contribution is -0.403. The second-order valence-electron chi connectivity index (χ2n) is 10.7. The summed E-state index contributed by atoms with van der Waals surface area (Å²) in [5, 5.41) is 0.232. The molecular formula is C30H60O6PS+. The Morgan fingerprint density at radius 1 is 0.763 bits per heavy atom. The molecule has 0 heterocycles. The van der Waals surface area contributed by atoms with Gasteiger partial charge in [-0.25, -0.2) is 9.68 Å². The molecule has 0 aliphatic carbocycles. The average molecular weight is 580 g/mol. The van der Waals surface area contributed by atoms with Gasteiger partial charge < -0.3 is 4.74 Å². The minimum absolute atomic E-state index is 0.217. The van der Waals surface area contributed by atoms with Gasteiger partial charge in [-0.05, 0) is 45.8 Å². The number of carbonyl (C=O) groups excluding carboxylic acids is 1. The summed E-state index contributed by atoms with van der Waals surface area (Å²) in [6, 6.07) is 0. The van der Waals surface area contributed by atoms with Crippen LogP contribution in [0.25, 0.3) is 0 Å². The normalized spacial score (nSPS) is 15.0. The molecule has 0 aliphatic heterocycles. The second-order valence-corrected chi connectivity index (χ2v) is 12.9. The number of thioether (sulfide) groups is 1. The summed E-state index contributed by atoms with van der Waals surface area (Å²) in [6.45, 7) is 12.1. The summed E-state index contributed by atoms with van der Waals surface area (Å²) in [4.78, 5) is 24.0. The molecular weight excluding hydrogens is 519 g/mol. The van der Waals surface area contributed by atoms with Gasteiger partial charge in [0.15, 0.2) is 0 Å². The van der Waals surface area contributed by atoms with E-state index >= 15 is 0 Å². The monoisotopic (exact) mass is 579 g/mol. The Morgan fingerprint density at radius 3 is 1.79 bits per heavy atom. The topological polar surface area (TPSA) is 71.1 Å². The van der Waals surface area contributed by atoms with E-state index in [4.69, 9.17) is 19.2 Å². The van der Waals surface area contributed by atoms with Gasteiger partial charge in [-0.1, -0.05) is 115 Å². The Balaban J connectivity index is 4.85. The van der Waals surface area contributed by atoms with Crippen LogP contribution in [-0.2, 0) is 28.6 Å². The molecule has 0 bridgehead atoms. The summed E-state index contributed by atoms with van der Waals surface area (Å²) < 4.78 is 23.0. The van der Waals surface area contributed by atoms with E-state index < -0.39 is 20.0 Å². The van der Waals surface area contributed by atoms with Gasteiger partial charge in [-0.3, -0.25) is 4.74 Å². The first-order valence-corrected chi connectivity index (χ1v) is 17.5. The zero-order chi connectivity index (χ0) is 28.5. The van der Waals surface area contributed by atoms with E-state index in [1.54, 1.807) is 13.8 Å². The lowest BCUT2D eigenvalue weighted by Gasteiger charge is -2.26. The first-order valence-electron chi connectivity index (χ1n) is 15.6. The number of esters is 1. The maximum absolute atomic E-state index is 12.7. The zero-order valence-corrected chi connectivity index (χ0v) is 27.3. The SMILES string of the molecule is CCCCCCCCCCCSC(CCCCCCCC)C(C)OOC(OCCC)([PH+]=O)C(=O)OC(C)C. The van der Waals surface area contributed by atoms with Gasteiger partial charge in [0.1, 0.15) is 6.10 Å². The number of hydrogen-bond acceptors (Lipinski definition) is 7. The standard InChI is InChI=1S/C30H59O6PS/c1-7-10-12-14-16-17-18-20-22-25-38-28(23-21-19-15-13-11-8-2)27(6)35-36-30(37-32,33-24-9-3)29(31)34-26(4)5/h26-28H,7-25H2,1-6H3/p+1. The minimum atomic E-state index is -2.04. The van der Waals surface area contributed by atoms with Crippen LogP contribution in [0.4, 0.5) is 0 Å². The molecule has 8 heteroatoms. The van der Waals surface area contributed by atoms with Crippen molar-refractivity contribution in [1.82, 2.24) is 0 Å². The third-order valence-corrected chi connectivity index (χ3v) is 8.79. The third-order valence-electron chi connectivity index (χ3n) is 6.52. The molecule has 0 spiro atoms. The molecule has 6 nitrogen and oxygen atoms in total. The highest BCUT2D eigenvalue weighted by Crippen LogP contribution is 2.32. The zero-order valence-electron chi connectivity index (χ0n) is 25.5. The predicted molar refractivity (Wildman–Crippen MR) is 162 cm³/mol. The van der Waals surface area contributed by atoms with E-state index in [0.717, 1.165) is 18.6 Å². The molecule has 0 radical (unpaired) electrons. The summed E-state index contributed by atoms with van der Waals surface area (Å²) >= 11 is 1.93. The van der Waals surface area contributed by atoms with Crippen LogP contribution in [-0.4, -0.2) is 41.3 Å². The molecule has 0 aromatic heterocycles. The van der Waals surface area contributed by atoms with Crippen LogP contribution in [0, 0.1) is 0 Å².